The third kappa shape index (κ3) is 8.42. The summed E-state index contributed by atoms with van der Waals surface area (Å²) in [6, 6.07) is 0.165. The molecule has 0 aliphatic carbocycles. The minimum atomic E-state index is 0.0379. The number of hydrogen-bond acceptors (Lipinski definition) is 3. The number of aliphatic imine (C=N–C) groups is 1. The molecule has 3 N–H and O–H groups in total. The Bertz CT molecular complexity index is 409. The van der Waals surface area contributed by atoms with Gasteiger partial charge in [-0.2, -0.15) is 0 Å². The normalized spacial score (nSPS) is 15.2. The first-order valence-electron chi connectivity index (χ1n) is 8.62. The Hall–Kier alpha value is -1.79. The predicted octanol–water partition coefficient (Wildman–Crippen LogP) is 0.469. The molecule has 1 aliphatic heterocycles. The second-order valence-corrected chi connectivity index (χ2v) is 6.00. The Morgan fingerprint density at radius 2 is 2.13 bits per heavy atom. The summed E-state index contributed by atoms with van der Waals surface area (Å²) in [5.41, 5.74) is 0. The zero-order chi connectivity index (χ0) is 17.1. The number of carbonyl (C=O) groups is 2. The van der Waals surface area contributed by atoms with Crippen molar-refractivity contribution < 1.29 is 9.59 Å². The second kappa shape index (κ2) is 10.9. The average molecular weight is 325 g/mol. The smallest absolute Gasteiger partial charge is 0.222 e. The Morgan fingerprint density at radius 1 is 1.35 bits per heavy atom. The fourth-order valence-corrected chi connectivity index (χ4v) is 2.42. The lowest BCUT2D eigenvalue weighted by molar-refractivity contribution is -0.127. The number of nitrogens with one attached hydrogen (secondary N) is 3. The molecule has 0 saturated carbocycles. The summed E-state index contributed by atoms with van der Waals surface area (Å²) in [6.45, 7) is 9.54. The van der Waals surface area contributed by atoms with Gasteiger partial charge in [0, 0.05) is 51.6 Å². The third-order valence-electron chi connectivity index (χ3n) is 3.47. The molecular weight excluding hydrogens is 294 g/mol. The molecule has 0 bridgehead atoms. The summed E-state index contributed by atoms with van der Waals surface area (Å²) in [5, 5.41) is 9.18. The van der Waals surface area contributed by atoms with E-state index < -0.39 is 0 Å². The molecule has 1 heterocycles. The summed E-state index contributed by atoms with van der Waals surface area (Å²) < 4.78 is 0. The van der Waals surface area contributed by atoms with Crippen LogP contribution < -0.4 is 16.0 Å². The van der Waals surface area contributed by atoms with Gasteiger partial charge >= 0.3 is 0 Å². The maximum absolute atomic E-state index is 11.6. The van der Waals surface area contributed by atoms with E-state index in [2.05, 4.69) is 20.9 Å². The highest BCUT2D eigenvalue weighted by atomic mass is 16.2. The zero-order valence-electron chi connectivity index (χ0n) is 14.7. The van der Waals surface area contributed by atoms with Crippen LogP contribution in [0, 0.1) is 0 Å². The number of likely N-dealkylation sites (tertiary alicyclic amines) is 1. The summed E-state index contributed by atoms with van der Waals surface area (Å²) >= 11 is 0. The van der Waals surface area contributed by atoms with Crippen LogP contribution in [0.4, 0.5) is 0 Å². The van der Waals surface area contributed by atoms with Crippen LogP contribution in [0.5, 0.6) is 0 Å². The van der Waals surface area contributed by atoms with Crippen molar-refractivity contribution in [3.05, 3.63) is 0 Å². The molecule has 0 atom stereocenters. The minimum absolute atomic E-state index is 0.0379. The van der Waals surface area contributed by atoms with Crippen molar-refractivity contribution in [2.75, 3.05) is 32.7 Å². The lowest BCUT2D eigenvalue weighted by Crippen LogP contribution is -2.40. The van der Waals surface area contributed by atoms with Crippen molar-refractivity contribution in [1.82, 2.24) is 20.9 Å². The van der Waals surface area contributed by atoms with Crippen LogP contribution in [0.15, 0.2) is 4.99 Å². The van der Waals surface area contributed by atoms with Crippen LogP contribution >= 0.6 is 0 Å². The highest BCUT2D eigenvalue weighted by molar-refractivity contribution is 5.81. The fourth-order valence-electron chi connectivity index (χ4n) is 2.42. The Kier molecular flexibility index (Phi) is 9.09. The molecule has 0 spiro atoms. The van der Waals surface area contributed by atoms with E-state index in [1.807, 2.05) is 25.7 Å². The molecule has 0 aromatic rings. The van der Waals surface area contributed by atoms with Gasteiger partial charge in [0.2, 0.25) is 11.8 Å². The van der Waals surface area contributed by atoms with Gasteiger partial charge in [0.25, 0.3) is 0 Å². The second-order valence-electron chi connectivity index (χ2n) is 6.00. The van der Waals surface area contributed by atoms with E-state index in [-0.39, 0.29) is 17.9 Å². The molecular formula is C16H31N5O2. The summed E-state index contributed by atoms with van der Waals surface area (Å²) in [6.07, 6.45) is 2.94. The van der Waals surface area contributed by atoms with Crippen molar-refractivity contribution in [3.8, 4) is 0 Å². The quantitative estimate of drug-likeness (QED) is 0.327. The van der Waals surface area contributed by atoms with Crippen LogP contribution in [0.2, 0.25) is 0 Å². The fraction of sp³-hybridized carbons (Fsp3) is 0.812. The van der Waals surface area contributed by atoms with E-state index in [1.165, 1.54) is 0 Å². The lowest BCUT2D eigenvalue weighted by Gasteiger charge is -2.15. The van der Waals surface area contributed by atoms with E-state index in [9.17, 15) is 9.59 Å². The van der Waals surface area contributed by atoms with Gasteiger partial charge < -0.3 is 20.9 Å². The van der Waals surface area contributed by atoms with Crippen molar-refractivity contribution in [2.45, 2.75) is 52.5 Å². The van der Waals surface area contributed by atoms with E-state index in [0.29, 0.717) is 25.9 Å². The first kappa shape index (κ1) is 19.3. The molecule has 0 aromatic heterocycles. The number of hydrogen-bond donors (Lipinski definition) is 3. The minimum Gasteiger partial charge on any atom is -0.357 e. The summed E-state index contributed by atoms with van der Waals surface area (Å²) in [7, 11) is 0. The largest absolute Gasteiger partial charge is 0.357 e. The molecule has 1 saturated heterocycles. The third-order valence-corrected chi connectivity index (χ3v) is 3.47. The molecule has 2 amide bonds. The van der Waals surface area contributed by atoms with Crippen LogP contribution in [-0.4, -0.2) is 61.4 Å². The first-order valence-corrected chi connectivity index (χ1v) is 8.62. The molecule has 7 heteroatoms. The molecule has 0 aromatic carbocycles. The zero-order valence-corrected chi connectivity index (χ0v) is 14.7. The lowest BCUT2D eigenvalue weighted by atomic mass is 10.3. The van der Waals surface area contributed by atoms with Crippen molar-refractivity contribution in [2.24, 2.45) is 4.99 Å². The number of amides is 2. The molecule has 1 fully saturated rings. The van der Waals surface area contributed by atoms with Gasteiger partial charge in [-0.1, -0.05) is 0 Å². The van der Waals surface area contributed by atoms with Gasteiger partial charge in [0.15, 0.2) is 5.96 Å². The van der Waals surface area contributed by atoms with Gasteiger partial charge in [-0.15, -0.1) is 0 Å². The number of carbonyl (C=O) groups excluding carboxylic acids is 2. The highest BCUT2D eigenvalue weighted by Gasteiger charge is 2.18. The number of rotatable bonds is 9. The number of nitrogens with zero attached hydrogens (tertiary/aromatic N) is 2. The van der Waals surface area contributed by atoms with Gasteiger partial charge in [-0.3, -0.25) is 14.6 Å². The van der Waals surface area contributed by atoms with Crippen LogP contribution in [0.3, 0.4) is 0 Å². The Balaban J connectivity index is 2.24. The van der Waals surface area contributed by atoms with Crippen LogP contribution in [0.25, 0.3) is 0 Å². The molecule has 132 valence electrons. The van der Waals surface area contributed by atoms with E-state index >= 15 is 0 Å². The molecule has 23 heavy (non-hydrogen) atoms. The summed E-state index contributed by atoms with van der Waals surface area (Å²) in [5.74, 6) is 1.02. The van der Waals surface area contributed by atoms with Gasteiger partial charge in [-0.05, 0) is 33.6 Å². The van der Waals surface area contributed by atoms with Gasteiger partial charge in [0.1, 0.15) is 0 Å². The van der Waals surface area contributed by atoms with E-state index in [0.717, 1.165) is 38.4 Å². The Labute approximate surface area is 139 Å². The maximum atomic E-state index is 11.6. The maximum Gasteiger partial charge on any atom is 0.222 e. The molecule has 7 nitrogen and oxygen atoms in total. The topological polar surface area (TPSA) is 85.8 Å². The van der Waals surface area contributed by atoms with Crippen LogP contribution in [0.1, 0.15) is 46.5 Å². The van der Waals surface area contributed by atoms with Gasteiger partial charge in [-0.25, -0.2) is 0 Å². The van der Waals surface area contributed by atoms with Crippen molar-refractivity contribution >= 4 is 17.8 Å². The van der Waals surface area contributed by atoms with Crippen LogP contribution in [-0.2, 0) is 9.59 Å². The molecule has 1 aliphatic rings. The molecule has 0 radical (unpaired) electrons. The van der Waals surface area contributed by atoms with Gasteiger partial charge in [0.05, 0.1) is 0 Å². The van der Waals surface area contributed by atoms with E-state index in [4.69, 9.17) is 0 Å². The average Bonchev–Trinajstić information content (AvgIpc) is 2.88. The molecule has 1 rings (SSSR count). The first-order chi connectivity index (χ1) is 11.0. The highest BCUT2D eigenvalue weighted by Crippen LogP contribution is 2.09. The predicted molar refractivity (Wildman–Crippen MR) is 92.3 cm³/mol. The van der Waals surface area contributed by atoms with E-state index in [1.54, 1.807) is 0 Å². The van der Waals surface area contributed by atoms with Crippen molar-refractivity contribution in [1.29, 1.82) is 0 Å². The van der Waals surface area contributed by atoms with Crippen molar-refractivity contribution in [3.63, 3.8) is 0 Å². The number of guanidine groups is 1. The molecule has 0 unspecified atom stereocenters. The summed E-state index contributed by atoms with van der Waals surface area (Å²) in [4.78, 5) is 29.5. The Morgan fingerprint density at radius 3 is 2.74 bits per heavy atom. The monoisotopic (exact) mass is 325 g/mol. The SMILES string of the molecule is CCNC(=NCCCN1CCCC1=O)NCCC(=O)NC(C)C. The standard InChI is InChI=1S/C16H31N5O2/c1-4-17-16(19-10-8-14(22)20-13(2)3)18-9-6-12-21-11-5-7-15(21)23/h13H,4-12H2,1-3H3,(H,20,22)(H2,17,18,19).